The lowest BCUT2D eigenvalue weighted by Crippen LogP contribution is -2.14. The molecular weight excluding hydrogens is 240 g/mol. The minimum Gasteiger partial charge on any atom is -0.399 e. The van der Waals surface area contributed by atoms with Gasteiger partial charge in [0.15, 0.2) is 17.5 Å². The summed E-state index contributed by atoms with van der Waals surface area (Å²) >= 11 is 0. The average molecular weight is 253 g/mol. The second-order valence-corrected chi connectivity index (χ2v) is 4.03. The predicted molar refractivity (Wildman–Crippen MR) is 63.8 cm³/mol. The fourth-order valence-corrected chi connectivity index (χ4v) is 1.70. The van der Waals surface area contributed by atoms with Gasteiger partial charge in [0.1, 0.15) is 12.0 Å². The minimum atomic E-state index is -0.735. The van der Waals surface area contributed by atoms with E-state index in [0.717, 1.165) is 12.1 Å². The molecule has 2 aromatic rings. The maximum atomic E-state index is 13.6. The van der Waals surface area contributed by atoms with Gasteiger partial charge in [0.05, 0.1) is 6.04 Å². The Bertz CT molecular complexity index is 543. The molecule has 0 bridgehead atoms. The van der Waals surface area contributed by atoms with Crippen LogP contribution in [0.3, 0.4) is 0 Å². The Morgan fingerprint density at radius 2 is 1.94 bits per heavy atom. The predicted octanol–water partition coefficient (Wildman–Crippen LogP) is 1.85. The van der Waals surface area contributed by atoms with Crippen LogP contribution in [0, 0.1) is 11.6 Å². The number of nitrogens with one attached hydrogen (secondary N) is 1. The number of nitrogen functional groups attached to an aromatic ring is 1. The van der Waals surface area contributed by atoms with E-state index in [1.165, 1.54) is 6.33 Å². The van der Waals surface area contributed by atoms with E-state index in [4.69, 9.17) is 5.73 Å². The van der Waals surface area contributed by atoms with E-state index in [-0.39, 0.29) is 17.4 Å². The van der Waals surface area contributed by atoms with Crippen molar-refractivity contribution in [2.75, 3.05) is 11.1 Å². The smallest absolute Gasteiger partial charge is 0.154 e. The lowest BCUT2D eigenvalue weighted by Gasteiger charge is -2.15. The number of aryl methyl sites for hydroxylation is 1. The molecule has 2 rings (SSSR count). The van der Waals surface area contributed by atoms with Crippen molar-refractivity contribution >= 4 is 11.4 Å². The summed E-state index contributed by atoms with van der Waals surface area (Å²) in [4.78, 5) is 0. The van der Waals surface area contributed by atoms with Crippen LogP contribution in [-0.2, 0) is 7.05 Å². The Balaban J connectivity index is 2.27. The third kappa shape index (κ3) is 2.24. The molecule has 1 heterocycles. The Morgan fingerprint density at radius 1 is 1.33 bits per heavy atom. The van der Waals surface area contributed by atoms with E-state index in [9.17, 15) is 8.78 Å². The SMILES string of the molecule is CC(Nc1c(F)cc(N)cc1F)c1nncn1C. The number of hydrogen-bond donors (Lipinski definition) is 2. The van der Waals surface area contributed by atoms with Crippen LogP contribution in [0.25, 0.3) is 0 Å². The first-order chi connectivity index (χ1) is 8.49. The quantitative estimate of drug-likeness (QED) is 0.819. The molecule has 5 nitrogen and oxygen atoms in total. The summed E-state index contributed by atoms with van der Waals surface area (Å²) in [5.41, 5.74) is 5.16. The highest BCUT2D eigenvalue weighted by Crippen LogP contribution is 2.25. The van der Waals surface area contributed by atoms with Crippen LogP contribution >= 0.6 is 0 Å². The number of hydrogen-bond acceptors (Lipinski definition) is 4. The molecule has 1 atom stereocenters. The molecule has 0 aliphatic heterocycles. The van der Waals surface area contributed by atoms with Crippen molar-refractivity contribution in [1.82, 2.24) is 14.8 Å². The highest BCUT2D eigenvalue weighted by molar-refractivity contribution is 5.54. The van der Waals surface area contributed by atoms with Gasteiger partial charge >= 0.3 is 0 Å². The summed E-state index contributed by atoms with van der Waals surface area (Å²) in [7, 11) is 1.75. The number of benzene rings is 1. The first kappa shape index (κ1) is 12.3. The van der Waals surface area contributed by atoms with Gasteiger partial charge in [0.25, 0.3) is 0 Å². The summed E-state index contributed by atoms with van der Waals surface area (Å²) < 4.78 is 28.8. The molecule has 1 aromatic carbocycles. The zero-order chi connectivity index (χ0) is 13.3. The Kier molecular flexibility index (Phi) is 3.14. The zero-order valence-electron chi connectivity index (χ0n) is 9.98. The van der Waals surface area contributed by atoms with E-state index in [0.29, 0.717) is 5.82 Å². The minimum absolute atomic E-state index is 0.0434. The first-order valence-electron chi connectivity index (χ1n) is 5.34. The fourth-order valence-electron chi connectivity index (χ4n) is 1.70. The third-order valence-corrected chi connectivity index (χ3v) is 2.56. The zero-order valence-corrected chi connectivity index (χ0v) is 9.98. The lowest BCUT2D eigenvalue weighted by molar-refractivity contribution is 0.582. The molecule has 1 unspecified atom stereocenters. The first-order valence-corrected chi connectivity index (χ1v) is 5.34. The van der Waals surface area contributed by atoms with Crippen molar-refractivity contribution in [3.05, 3.63) is 35.9 Å². The van der Waals surface area contributed by atoms with E-state index in [1.807, 2.05) is 0 Å². The van der Waals surface area contributed by atoms with Gasteiger partial charge < -0.3 is 15.6 Å². The molecule has 0 saturated carbocycles. The Morgan fingerprint density at radius 3 is 2.44 bits per heavy atom. The summed E-state index contributed by atoms with van der Waals surface area (Å²) in [5.74, 6) is -0.895. The van der Waals surface area contributed by atoms with Gasteiger partial charge in [-0.25, -0.2) is 8.78 Å². The number of nitrogens with zero attached hydrogens (tertiary/aromatic N) is 3. The summed E-state index contributed by atoms with van der Waals surface area (Å²) in [6.45, 7) is 1.74. The Labute approximate surface area is 103 Å². The molecular formula is C11H13F2N5. The third-order valence-electron chi connectivity index (χ3n) is 2.56. The number of rotatable bonds is 3. The van der Waals surface area contributed by atoms with Crippen molar-refractivity contribution in [2.45, 2.75) is 13.0 Å². The molecule has 0 aliphatic carbocycles. The highest BCUT2D eigenvalue weighted by Gasteiger charge is 2.16. The molecule has 0 radical (unpaired) electrons. The van der Waals surface area contributed by atoms with Gasteiger partial charge in [-0.05, 0) is 19.1 Å². The summed E-state index contributed by atoms with van der Waals surface area (Å²) in [6, 6.07) is 1.74. The molecule has 1 aromatic heterocycles. The molecule has 0 aliphatic rings. The molecule has 0 saturated heterocycles. The van der Waals surface area contributed by atoms with Crippen molar-refractivity contribution in [2.24, 2.45) is 7.05 Å². The largest absolute Gasteiger partial charge is 0.399 e. The van der Waals surface area contributed by atoms with Crippen LogP contribution < -0.4 is 11.1 Å². The van der Waals surface area contributed by atoms with Crippen molar-refractivity contribution in [1.29, 1.82) is 0 Å². The monoisotopic (exact) mass is 253 g/mol. The van der Waals surface area contributed by atoms with Gasteiger partial charge in [-0.2, -0.15) is 0 Å². The fraction of sp³-hybridized carbons (Fsp3) is 0.273. The van der Waals surface area contributed by atoms with Crippen molar-refractivity contribution in [3.8, 4) is 0 Å². The van der Waals surface area contributed by atoms with Crippen molar-refractivity contribution < 1.29 is 8.78 Å². The maximum absolute atomic E-state index is 13.6. The van der Waals surface area contributed by atoms with E-state index < -0.39 is 11.6 Å². The van der Waals surface area contributed by atoms with E-state index in [1.54, 1.807) is 18.5 Å². The van der Waals surface area contributed by atoms with Gasteiger partial charge in [0, 0.05) is 12.7 Å². The topological polar surface area (TPSA) is 68.8 Å². The maximum Gasteiger partial charge on any atom is 0.154 e. The number of aromatic nitrogens is 3. The van der Waals surface area contributed by atoms with Crippen LogP contribution in [-0.4, -0.2) is 14.8 Å². The molecule has 7 heteroatoms. The summed E-state index contributed by atoms with van der Waals surface area (Å²) in [5, 5.41) is 10.3. The number of anilines is 2. The molecule has 0 spiro atoms. The highest BCUT2D eigenvalue weighted by atomic mass is 19.1. The molecule has 0 fully saturated rings. The van der Waals surface area contributed by atoms with E-state index >= 15 is 0 Å². The van der Waals surface area contributed by atoms with Crippen LogP contribution in [0.2, 0.25) is 0 Å². The average Bonchev–Trinajstić information content (AvgIpc) is 2.69. The number of halogens is 2. The van der Waals surface area contributed by atoms with Gasteiger partial charge in [0.2, 0.25) is 0 Å². The second kappa shape index (κ2) is 4.59. The van der Waals surface area contributed by atoms with Crippen LogP contribution in [0.4, 0.5) is 20.2 Å². The van der Waals surface area contributed by atoms with Crippen molar-refractivity contribution in [3.63, 3.8) is 0 Å². The number of nitrogens with two attached hydrogens (primary N) is 1. The molecule has 3 N–H and O–H groups in total. The van der Waals surface area contributed by atoms with Crippen LogP contribution in [0.15, 0.2) is 18.5 Å². The second-order valence-electron chi connectivity index (χ2n) is 4.03. The molecule has 18 heavy (non-hydrogen) atoms. The standard InChI is InChI=1S/C11H13F2N5/c1-6(11-17-15-5-18(11)2)16-10-8(12)3-7(14)4-9(10)13/h3-6,16H,14H2,1-2H3. The normalized spacial score (nSPS) is 12.4. The van der Waals surface area contributed by atoms with Gasteiger partial charge in [-0.3, -0.25) is 0 Å². The van der Waals surface area contributed by atoms with E-state index in [2.05, 4.69) is 15.5 Å². The molecule has 0 amide bonds. The lowest BCUT2D eigenvalue weighted by atomic mass is 10.2. The molecule has 96 valence electrons. The van der Waals surface area contributed by atoms with Crippen LogP contribution in [0.1, 0.15) is 18.8 Å². The Hall–Kier alpha value is -2.18. The van der Waals surface area contributed by atoms with Gasteiger partial charge in [-0.15, -0.1) is 10.2 Å². The van der Waals surface area contributed by atoms with Crippen LogP contribution in [0.5, 0.6) is 0 Å². The summed E-state index contributed by atoms with van der Waals surface area (Å²) in [6.07, 6.45) is 1.52. The van der Waals surface area contributed by atoms with Gasteiger partial charge in [-0.1, -0.05) is 0 Å².